The molecule has 0 aromatic heterocycles. The third-order valence-electron chi connectivity index (χ3n) is 2.76. The number of hydrogen-bond donors (Lipinski definition) is 2. The van der Waals surface area contributed by atoms with Gasteiger partial charge in [0.15, 0.2) is 0 Å². The molecule has 126 valence electrons. The van der Waals surface area contributed by atoms with Crippen molar-refractivity contribution in [2.45, 2.75) is 32.8 Å². The number of nitrogens with one attached hydrogen (secondary N) is 1. The summed E-state index contributed by atoms with van der Waals surface area (Å²) in [6, 6.07) is 5.04. The van der Waals surface area contributed by atoms with Gasteiger partial charge in [-0.3, -0.25) is 0 Å². The first-order chi connectivity index (χ1) is 10.7. The van der Waals surface area contributed by atoms with Crippen molar-refractivity contribution in [2.75, 3.05) is 19.4 Å². The fraction of sp³-hybridized carbons (Fsp3) is 0.412. The van der Waals surface area contributed by atoms with Crippen molar-refractivity contribution in [3.8, 4) is 0 Å². The Morgan fingerprint density at radius 2 is 2.00 bits per heavy atom. The van der Waals surface area contributed by atoms with Gasteiger partial charge >= 0.3 is 12.1 Å². The lowest BCUT2D eigenvalue weighted by Crippen LogP contribution is -2.32. The summed E-state index contributed by atoms with van der Waals surface area (Å²) < 4.78 is 9.87. The molecule has 23 heavy (non-hydrogen) atoms. The van der Waals surface area contributed by atoms with E-state index in [4.69, 9.17) is 15.2 Å². The van der Waals surface area contributed by atoms with Gasteiger partial charge in [0.25, 0.3) is 0 Å². The van der Waals surface area contributed by atoms with Crippen LogP contribution in [0.1, 0.15) is 43.1 Å². The van der Waals surface area contributed by atoms with Crippen molar-refractivity contribution in [1.82, 2.24) is 5.32 Å². The van der Waals surface area contributed by atoms with Crippen LogP contribution in [0.2, 0.25) is 0 Å². The highest BCUT2D eigenvalue weighted by Crippen LogP contribution is 2.16. The topological polar surface area (TPSA) is 90.6 Å². The number of esters is 1. The summed E-state index contributed by atoms with van der Waals surface area (Å²) in [6.07, 6.45) is 3.80. The molecule has 0 saturated carbocycles. The van der Waals surface area contributed by atoms with Gasteiger partial charge in [0.1, 0.15) is 5.60 Å². The summed E-state index contributed by atoms with van der Waals surface area (Å²) >= 11 is 0. The zero-order valence-corrected chi connectivity index (χ0v) is 14.0. The smallest absolute Gasteiger partial charge is 0.407 e. The average Bonchev–Trinajstić information content (AvgIpc) is 2.45. The van der Waals surface area contributed by atoms with E-state index in [0.717, 1.165) is 0 Å². The number of amides is 1. The molecule has 0 bridgehead atoms. The summed E-state index contributed by atoms with van der Waals surface area (Å²) in [5, 5.41) is 2.66. The van der Waals surface area contributed by atoms with Crippen molar-refractivity contribution in [1.29, 1.82) is 0 Å². The highest BCUT2D eigenvalue weighted by Gasteiger charge is 2.15. The summed E-state index contributed by atoms with van der Waals surface area (Å²) in [7, 11) is 1.32. The van der Waals surface area contributed by atoms with Crippen LogP contribution >= 0.6 is 0 Å². The number of carbonyl (C=O) groups excluding carboxylic acids is 2. The molecule has 0 atom stereocenters. The molecule has 0 unspecified atom stereocenters. The maximum Gasteiger partial charge on any atom is 0.407 e. The maximum absolute atomic E-state index is 11.7. The minimum atomic E-state index is -0.515. The first-order valence-corrected chi connectivity index (χ1v) is 7.34. The lowest BCUT2D eigenvalue weighted by molar-refractivity contribution is 0.0527. The first-order valence-electron chi connectivity index (χ1n) is 7.34. The van der Waals surface area contributed by atoms with Crippen molar-refractivity contribution in [3.63, 3.8) is 0 Å². The molecule has 0 spiro atoms. The van der Waals surface area contributed by atoms with E-state index < -0.39 is 17.7 Å². The SMILES string of the molecule is COC(=O)c1cc(N)ccc1C=CCCNC(=O)OC(C)(C)C. The van der Waals surface area contributed by atoms with Crippen LogP contribution in [0.4, 0.5) is 10.5 Å². The number of methoxy groups -OCH3 is 1. The molecule has 1 aromatic carbocycles. The molecule has 1 aromatic rings. The minimum Gasteiger partial charge on any atom is -0.465 e. The van der Waals surface area contributed by atoms with Crippen LogP contribution in [-0.4, -0.2) is 31.3 Å². The lowest BCUT2D eigenvalue weighted by Gasteiger charge is -2.19. The number of benzene rings is 1. The van der Waals surface area contributed by atoms with Gasteiger partial charge in [-0.15, -0.1) is 0 Å². The van der Waals surface area contributed by atoms with Crippen LogP contribution in [0.25, 0.3) is 6.08 Å². The second kappa shape index (κ2) is 8.22. The maximum atomic E-state index is 11.7. The molecular formula is C17H24N2O4. The van der Waals surface area contributed by atoms with Crippen LogP contribution in [0.15, 0.2) is 24.3 Å². The zero-order valence-electron chi connectivity index (χ0n) is 14.0. The number of nitrogen functional groups attached to an aromatic ring is 1. The number of ether oxygens (including phenoxy) is 2. The highest BCUT2D eigenvalue weighted by molar-refractivity contribution is 5.94. The van der Waals surface area contributed by atoms with Gasteiger partial charge in [-0.05, 0) is 44.9 Å². The van der Waals surface area contributed by atoms with Crippen LogP contribution in [0.5, 0.6) is 0 Å². The van der Waals surface area contributed by atoms with Gasteiger partial charge < -0.3 is 20.5 Å². The van der Waals surface area contributed by atoms with E-state index in [9.17, 15) is 9.59 Å². The number of nitrogens with two attached hydrogens (primary N) is 1. The molecule has 1 rings (SSSR count). The molecule has 0 fully saturated rings. The summed E-state index contributed by atoms with van der Waals surface area (Å²) in [4.78, 5) is 23.2. The van der Waals surface area contributed by atoms with E-state index in [1.54, 1.807) is 24.3 Å². The quantitative estimate of drug-likeness (QED) is 0.494. The summed E-state index contributed by atoms with van der Waals surface area (Å²) in [5.74, 6) is -0.441. The number of rotatable bonds is 5. The van der Waals surface area contributed by atoms with E-state index in [0.29, 0.717) is 29.8 Å². The third-order valence-corrected chi connectivity index (χ3v) is 2.76. The van der Waals surface area contributed by atoms with Gasteiger partial charge in [-0.25, -0.2) is 9.59 Å². The number of carbonyl (C=O) groups is 2. The molecule has 0 radical (unpaired) electrons. The standard InChI is InChI=1S/C17H24N2O4/c1-17(2,3)23-16(21)19-10-6-5-7-12-8-9-13(18)11-14(12)15(20)22-4/h5,7-9,11H,6,10,18H2,1-4H3,(H,19,21). The predicted molar refractivity (Wildman–Crippen MR) is 90.1 cm³/mol. The van der Waals surface area contributed by atoms with E-state index in [-0.39, 0.29) is 0 Å². The zero-order chi connectivity index (χ0) is 17.5. The third kappa shape index (κ3) is 6.86. The molecule has 6 nitrogen and oxygen atoms in total. The lowest BCUT2D eigenvalue weighted by atomic mass is 10.1. The Balaban J connectivity index is 2.56. The second-order valence-corrected chi connectivity index (χ2v) is 5.96. The number of hydrogen-bond acceptors (Lipinski definition) is 5. The van der Waals surface area contributed by atoms with E-state index >= 15 is 0 Å². The van der Waals surface area contributed by atoms with Gasteiger partial charge in [0.05, 0.1) is 12.7 Å². The molecule has 0 heterocycles. The van der Waals surface area contributed by atoms with Crippen molar-refractivity contribution >= 4 is 23.8 Å². The van der Waals surface area contributed by atoms with E-state index in [1.807, 2.05) is 26.8 Å². The molecule has 6 heteroatoms. The normalized spacial score (nSPS) is 11.3. The van der Waals surface area contributed by atoms with Crippen LogP contribution < -0.4 is 11.1 Å². The fourth-order valence-corrected chi connectivity index (χ4v) is 1.79. The summed E-state index contributed by atoms with van der Waals surface area (Å²) in [5.41, 5.74) is 6.78. The Labute approximate surface area is 136 Å². The fourth-order valence-electron chi connectivity index (χ4n) is 1.79. The Bertz CT molecular complexity index is 589. The molecule has 0 aliphatic carbocycles. The Morgan fingerprint density at radius 1 is 1.30 bits per heavy atom. The second-order valence-electron chi connectivity index (χ2n) is 5.96. The molecule has 0 aliphatic rings. The summed E-state index contributed by atoms with van der Waals surface area (Å²) in [6.45, 7) is 5.86. The number of alkyl carbamates (subject to hydrolysis) is 1. The minimum absolute atomic E-state index is 0.406. The van der Waals surface area contributed by atoms with Crippen LogP contribution in [0, 0.1) is 0 Å². The van der Waals surface area contributed by atoms with Gasteiger partial charge in [-0.2, -0.15) is 0 Å². The molecular weight excluding hydrogens is 296 g/mol. The molecule has 0 aliphatic heterocycles. The Morgan fingerprint density at radius 3 is 2.61 bits per heavy atom. The molecule has 0 saturated heterocycles. The van der Waals surface area contributed by atoms with Crippen molar-refractivity contribution in [2.24, 2.45) is 0 Å². The van der Waals surface area contributed by atoms with Gasteiger partial charge in [0.2, 0.25) is 0 Å². The number of anilines is 1. The molecule has 3 N–H and O–H groups in total. The van der Waals surface area contributed by atoms with Crippen molar-refractivity contribution in [3.05, 3.63) is 35.4 Å². The van der Waals surface area contributed by atoms with Gasteiger partial charge in [0, 0.05) is 12.2 Å². The first kappa shape index (κ1) is 18.5. The Hall–Kier alpha value is -2.50. The average molecular weight is 320 g/mol. The van der Waals surface area contributed by atoms with E-state index in [2.05, 4.69) is 5.32 Å². The van der Waals surface area contributed by atoms with E-state index in [1.165, 1.54) is 7.11 Å². The Kier molecular flexibility index (Phi) is 6.63. The largest absolute Gasteiger partial charge is 0.465 e. The highest BCUT2D eigenvalue weighted by atomic mass is 16.6. The van der Waals surface area contributed by atoms with Crippen LogP contribution in [0.3, 0.4) is 0 Å². The van der Waals surface area contributed by atoms with Crippen molar-refractivity contribution < 1.29 is 19.1 Å². The van der Waals surface area contributed by atoms with Gasteiger partial charge in [-0.1, -0.05) is 18.2 Å². The monoisotopic (exact) mass is 320 g/mol. The van der Waals surface area contributed by atoms with Crippen LogP contribution in [-0.2, 0) is 9.47 Å². The molecule has 1 amide bonds. The predicted octanol–water partition coefficient (Wildman–Crippen LogP) is 2.98.